The van der Waals surface area contributed by atoms with Crippen LogP contribution in [-0.4, -0.2) is 11.8 Å². The van der Waals surface area contributed by atoms with Gasteiger partial charge in [0.2, 0.25) is 0 Å². The molecule has 22 heavy (non-hydrogen) atoms. The van der Waals surface area contributed by atoms with Crippen molar-refractivity contribution < 1.29 is 22.8 Å². The number of nitrogens with zero attached hydrogens (tertiary/aromatic N) is 1. The fourth-order valence-corrected chi connectivity index (χ4v) is 2.47. The number of amides is 2. The molecule has 0 atom stereocenters. The van der Waals surface area contributed by atoms with E-state index in [2.05, 4.69) is 0 Å². The molecule has 0 saturated carbocycles. The molecule has 1 heterocycles. The van der Waals surface area contributed by atoms with Crippen LogP contribution in [0.15, 0.2) is 42.5 Å². The first kappa shape index (κ1) is 14.3. The second-order valence-corrected chi connectivity index (χ2v) is 5.01. The zero-order valence-electron chi connectivity index (χ0n) is 11.4. The largest absolute Gasteiger partial charge is 0.418 e. The molecule has 3 rings (SSSR count). The summed E-state index contributed by atoms with van der Waals surface area (Å²) in [7, 11) is 0. The number of rotatable bonds is 1. The minimum absolute atomic E-state index is 0.113. The predicted molar refractivity (Wildman–Crippen MR) is 73.8 cm³/mol. The number of halogens is 3. The van der Waals surface area contributed by atoms with E-state index in [9.17, 15) is 22.8 Å². The number of fused-ring (bicyclic) bond motifs is 1. The molecule has 0 unspecified atom stereocenters. The second kappa shape index (κ2) is 4.69. The van der Waals surface area contributed by atoms with Crippen molar-refractivity contribution in [3.63, 3.8) is 0 Å². The highest BCUT2D eigenvalue weighted by atomic mass is 19.4. The van der Waals surface area contributed by atoms with Crippen molar-refractivity contribution in [2.45, 2.75) is 13.1 Å². The van der Waals surface area contributed by atoms with Gasteiger partial charge in [-0.3, -0.25) is 9.59 Å². The average Bonchev–Trinajstić information content (AvgIpc) is 2.70. The molecule has 1 aliphatic rings. The third-order valence-electron chi connectivity index (χ3n) is 3.49. The zero-order valence-corrected chi connectivity index (χ0v) is 11.4. The monoisotopic (exact) mass is 305 g/mol. The van der Waals surface area contributed by atoms with Crippen LogP contribution in [0.5, 0.6) is 0 Å². The van der Waals surface area contributed by atoms with E-state index in [0.29, 0.717) is 10.5 Å². The van der Waals surface area contributed by atoms with Crippen LogP contribution >= 0.6 is 0 Å². The smallest absolute Gasteiger partial charge is 0.268 e. The Morgan fingerprint density at radius 1 is 0.909 bits per heavy atom. The number of hydrogen-bond acceptors (Lipinski definition) is 2. The van der Waals surface area contributed by atoms with E-state index in [4.69, 9.17) is 0 Å². The van der Waals surface area contributed by atoms with Crippen LogP contribution in [0.2, 0.25) is 0 Å². The number of alkyl halides is 3. The van der Waals surface area contributed by atoms with E-state index >= 15 is 0 Å². The van der Waals surface area contributed by atoms with Gasteiger partial charge < -0.3 is 0 Å². The lowest BCUT2D eigenvalue weighted by atomic mass is 10.1. The molecule has 2 aromatic rings. The minimum Gasteiger partial charge on any atom is -0.268 e. The summed E-state index contributed by atoms with van der Waals surface area (Å²) in [6, 6.07) is 9.36. The summed E-state index contributed by atoms with van der Waals surface area (Å²) >= 11 is 0. The van der Waals surface area contributed by atoms with Crippen LogP contribution in [0.3, 0.4) is 0 Å². The topological polar surface area (TPSA) is 37.4 Å². The van der Waals surface area contributed by atoms with E-state index in [1.807, 2.05) is 0 Å². The minimum atomic E-state index is -4.65. The van der Waals surface area contributed by atoms with E-state index in [1.165, 1.54) is 24.3 Å². The molecular formula is C16H10F3NO2. The number of hydrogen-bond donors (Lipinski definition) is 0. The van der Waals surface area contributed by atoms with Gasteiger partial charge in [-0.1, -0.05) is 18.2 Å². The summed E-state index contributed by atoms with van der Waals surface area (Å²) in [6.45, 7) is 1.60. The highest BCUT2D eigenvalue weighted by molar-refractivity contribution is 6.34. The maximum atomic E-state index is 13.2. The number of aryl methyl sites for hydroxylation is 1. The average molecular weight is 305 g/mol. The maximum Gasteiger partial charge on any atom is 0.418 e. The molecule has 1 aliphatic heterocycles. The van der Waals surface area contributed by atoms with E-state index in [1.54, 1.807) is 19.1 Å². The van der Waals surface area contributed by atoms with Gasteiger partial charge in [0.15, 0.2) is 0 Å². The lowest BCUT2D eigenvalue weighted by Crippen LogP contribution is -2.31. The molecule has 0 spiro atoms. The Morgan fingerprint density at radius 3 is 1.95 bits per heavy atom. The fourth-order valence-electron chi connectivity index (χ4n) is 2.47. The van der Waals surface area contributed by atoms with Crippen molar-refractivity contribution >= 4 is 17.5 Å². The molecule has 0 aliphatic carbocycles. The van der Waals surface area contributed by atoms with Gasteiger partial charge in [-0.2, -0.15) is 13.2 Å². The van der Waals surface area contributed by atoms with E-state index < -0.39 is 29.2 Å². The van der Waals surface area contributed by atoms with Gasteiger partial charge in [-0.15, -0.1) is 0 Å². The summed E-state index contributed by atoms with van der Waals surface area (Å²) in [5.41, 5.74) is -0.685. The molecule has 0 fully saturated rings. The van der Waals surface area contributed by atoms with E-state index in [0.717, 1.165) is 6.07 Å². The van der Waals surface area contributed by atoms with Crippen molar-refractivity contribution in [3.05, 3.63) is 64.7 Å². The lowest BCUT2D eigenvalue weighted by Gasteiger charge is -2.20. The maximum absolute atomic E-state index is 13.2. The summed E-state index contributed by atoms with van der Waals surface area (Å²) < 4.78 is 39.5. The third kappa shape index (κ3) is 2.07. The molecule has 2 amide bonds. The first-order valence-corrected chi connectivity index (χ1v) is 6.46. The van der Waals surface area contributed by atoms with Crippen LogP contribution in [0.25, 0.3) is 0 Å². The Morgan fingerprint density at radius 2 is 1.45 bits per heavy atom. The predicted octanol–water partition coefficient (Wildman–Crippen LogP) is 3.81. The van der Waals surface area contributed by atoms with Gasteiger partial charge in [0, 0.05) is 0 Å². The number of imide groups is 1. The Hall–Kier alpha value is -2.63. The number of anilines is 1. The molecule has 0 N–H and O–H groups in total. The quantitative estimate of drug-likeness (QED) is 0.751. The fraction of sp³-hybridized carbons (Fsp3) is 0.125. The normalized spacial score (nSPS) is 14.5. The molecule has 0 radical (unpaired) electrons. The molecule has 0 aromatic heterocycles. The zero-order chi connectivity index (χ0) is 16.1. The standard InChI is InChI=1S/C16H10F3NO2/c1-9-6-7-12(16(17,18)19)13(8-9)20-14(21)10-4-2-3-5-11(10)15(20)22/h2-8H,1H3. The number of benzene rings is 2. The van der Waals surface area contributed by atoms with Crippen LogP contribution < -0.4 is 4.90 Å². The second-order valence-electron chi connectivity index (χ2n) is 5.01. The van der Waals surface area contributed by atoms with Gasteiger partial charge in [0.1, 0.15) is 0 Å². The van der Waals surface area contributed by atoms with Crippen molar-refractivity contribution in [2.24, 2.45) is 0 Å². The van der Waals surface area contributed by atoms with Gasteiger partial charge in [0.25, 0.3) is 11.8 Å². The van der Waals surface area contributed by atoms with Gasteiger partial charge in [0.05, 0.1) is 22.4 Å². The Kier molecular flexibility index (Phi) is 3.05. The molecule has 2 aromatic carbocycles. The summed E-state index contributed by atoms with van der Waals surface area (Å²) in [4.78, 5) is 25.3. The summed E-state index contributed by atoms with van der Waals surface area (Å²) in [5.74, 6) is -1.48. The molecule has 0 bridgehead atoms. The highest BCUT2D eigenvalue weighted by Gasteiger charge is 2.42. The SMILES string of the molecule is Cc1ccc(C(F)(F)F)c(N2C(=O)c3ccccc3C2=O)c1. The molecule has 112 valence electrons. The Balaban J connectivity index is 2.20. The molecule has 3 nitrogen and oxygen atoms in total. The van der Waals surface area contributed by atoms with Crippen molar-refractivity contribution in [1.29, 1.82) is 0 Å². The molecule has 6 heteroatoms. The highest BCUT2D eigenvalue weighted by Crippen LogP contribution is 2.39. The Labute approximate surface area is 124 Å². The molecule has 0 saturated heterocycles. The Bertz CT molecular complexity index is 761. The van der Waals surface area contributed by atoms with E-state index in [-0.39, 0.29) is 11.1 Å². The first-order chi connectivity index (χ1) is 10.3. The van der Waals surface area contributed by atoms with Crippen molar-refractivity contribution in [3.8, 4) is 0 Å². The summed E-state index contributed by atoms with van der Waals surface area (Å²) in [5, 5.41) is 0. The van der Waals surface area contributed by atoms with Crippen LogP contribution in [-0.2, 0) is 6.18 Å². The third-order valence-corrected chi connectivity index (χ3v) is 3.49. The summed E-state index contributed by atoms with van der Waals surface area (Å²) in [6.07, 6.45) is -4.65. The van der Waals surface area contributed by atoms with Crippen LogP contribution in [0.1, 0.15) is 31.8 Å². The van der Waals surface area contributed by atoms with Crippen molar-refractivity contribution in [1.82, 2.24) is 0 Å². The van der Waals surface area contributed by atoms with Crippen molar-refractivity contribution in [2.75, 3.05) is 4.90 Å². The number of carbonyl (C=O) groups excluding carboxylic acids is 2. The van der Waals surface area contributed by atoms with Crippen LogP contribution in [0.4, 0.5) is 18.9 Å². The molecular weight excluding hydrogens is 295 g/mol. The number of carbonyl (C=O) groups is 2. The van der Waals surface area contributed by atoms with Gasteiger partial charge in [-0.25, -0.2) is 4.90 Å². The first-order valence-electron chi connectivity index (χ1n) is 6.46. The lowest BCUT2D eigenvalue weighted by molar-refractivity contribution is -0.137. The van der Waals surface area contributed by atoms with Gasteiger partial charge >= 0.3 is 6.18 Å². The van der Waals surface area contributed by atoms with Gasteiger partial charge in [-0.05, 0) is 36.8 Å². The van der Waals surface area contributed by atoms with Crippen LogP contribution in [0, 0.1) is 6.92 Å².